The highest BCUT2D eigenvalue weighted by molar-refractivity contribution is 5.30. The Kier molecular flexibility index (Phi) is 2.44. The lowest BCUT2D eigenvalue weighted by atomic mass is 10.0. The van der Waals surface area contributed by atoms with Crippen molar-refractivity contribution in [2.75, 3.05) is 0 Å². The van der Waals surface area contributed by atoms with Crippen molar-refractivity contribution in [1.82, 2.24) is 0 Å². The second-order valence-electron chi connectivity index (χ2n) is 2.62. The number of hydrogen-bond donors (Lipinski definition) is 1. The molecule has 1 nitrogen and oxygen atoms in total. The van der Waals surface area contributed by atoms with Gasteiger partial charge < -0.3 is 5.73 Å². The summed E-state index contributed by atoms with van der Waals surface area (Å²) < 4.78 is 0. The first-order valence-electron chi connectivity index (χ1n) is 3.69. The molecule has 1 heteroatoms. The standard InChI is InChI=1S/C10H13N/c1-3-10(11)9-7-5-4-6-8(9)2/h3-7,10H,1,11H2,2H3. The first-order valence-corrected chi connectivity index (χ1v) is 3.69. The molecule has 0 amide bonds. The summed E-state index contributed by atoms with van der Waals surface area (Å²) in [4.78, 5) is 0. The lowest BCUT2D eigenvalue weighted by Gasteiger charge is -2.08. The average Bonchev–Trinajstić information content (AvgIpc) is 2.04. The molecule has 1 rings (SSSR count). The summed E-state index contributed by atoms with van der Waals surface area (Å²) in [5, 5.41) is 0. The molecule has 0 saturated carbocycles. The molecule has 11 heavy (non-hydrogen) atoms. The van der Waals surface area contributed by atoms with Crippen molar-refractivity contribution in [2.45, 2.75) is 13.0 Å². The normalized spacial score (nSPS) is 12.5. The Morgan fingerprint density at radius 1 is 1.45 bits per heavy atom. The van der Waals surface area contributed by atoms with Crippen LogP contribution in [0, 0.1) is 6.92 Å². The molecule has 0 aliphatic heterocycles. The van der Waals surface area contributed by atoms with Crippen LogP contribution in [0.2, 0.25) is 0 Å². The summed E-state index contributed by atoms with van der Waals surface area (Å²) in [5.74, 6) is 0. The average molecular weight is 147 g/mol. The minimum atomic E-state index is -0.0313. The van der Waals surface area contributed by atoms with Gasteiger partial charge in [0.15, 0.2) is 0 Å². The summed E-state index contributed by atoms with van der Waals surface area (Å²) in [7, 11) is 0. The van der Waals surface area contributed by atoms with Crippen molar-refractivity contribution < 1.29 is 0 Å². The van der Waals surface area contributed by atoms with Gasteiger partial charge in [-0.1, -0.05) is 30.3 Å². The van der Waals surface area contributed by atoms with E-state index in [2.05, 4.69) is 19.6 Å². The predicted molar refractivity (Wildman–Crippen MR) is 48.3 cm³/mol. The molecule has 0 aliphatic carbocycles. The van der Waals surface area contributed by atoms with Crippen LogP contribution in [0.3, 0.4) is 0 Å². The quantitative estimate of drug-likeness (QED) is 0.637. The molecule has 1 unspecified atom stereocenters. The fourth-order valence-corrected chi connectivity index (χ4v) is 1.09. The van der Waals surface area contributed by atoms with Crippen LogP contribution in [0.5, 0.6) is 0 Å². The maximum absolute atomic E-state index is 5.78. The Bertz CT molecular complexity index is 253. The topological polar surface area (TPSA) is 26.0 Å². The van der Waals surface area contributed by atoms with Crippen molar-refractivity contribution >= 4 is 0 Å². The zero-order valence-electron chi connectivity index (χ0n) is 6.75. The smallest absolute Gasteiger partial charge is 0.0481 e. The van der Waals surface area contributed by atoms with E-state index >= 15 is 0 Å². The van der Waals surface area contributed by atoms with Crippen LogP contribution in [0.4, 0.5) is 0 Å². The van der Waals surface area contributed by atoms with E-state index in [1.807, 2.05) is 18.2 Å². The molecule has 1 aromatic rings. The van der Waals surface area contributed by atoms with E-state index in [0.29, 0.717) is 0 Å². The molecule has 1 atom stereocenters. The minimum absolute atomic E-state index is 0.0313. The summed E-state index contributed by atoms with van der Waals surface area (Å²) in [6.45, 7) is 5.71. The van der Waals surface area contributed by atoms with E-state index in [-0.39, 0.29) is 6.04 Å². The third-order valence-electron chi connectivity index (χ3n) is 1.80. The molecule has 2 N–H and O–H groups in total. The first-order chi connectivity index (χ1) is 5.25. The van der Waals surface area contributed by atoms with Gasteiger partial charge in [0.2, 0.25) is 0 Å². The maximum Gasteiger partial charge on any atom is 0.0481 e. The van der Waals surface area contributed by atoms with Crippen LogP contribution in [-0.4, -0.2) is 0 Å². The monoisotopic (exact) mass is 147 g/mol. The Hall–Kier alpha value is -1.08. The highest BCUT2D eigenvalue weighted by atomic mass is 14.6. The fraction of sp³-hybridized carbons (Fsp3) is 0.200. The van der Waals surface area contributed by atoms with Gasteiger partial charge in [-0.05, 0) is 18.1 Å². The SMILES string of the molecule is C=CC(N)c1ccccc1C. The highest BCUT2D eigenvalue weighted by Gasteiger charge is 2.01. The molecule has 0 saturated heterocycles. The van der Waals surface area contributed by atoms with Gasteiger partial charge in [0.25, 0.3) is 0 Å². The van der Waals surface area contributed by atoms with E-state index in [1.165, 1.54) is 5.56 Å². The molecule has 58 valence electrons. The van der Waals surface area contributed by atoms with Crippen molar-refractivity contribution in [1.29, 1.82) is 0 Å². The highest BCUT2D eigenvalue weighted by Crippen LogP contribution is 2.14. The van der Waals surface area contributed by atoms with Gasteiger partial charge in [0, 0.05) is 6.04 Å². The van der Waals surface area contributed by atoms with Crippen LogP contribution in [0.25, 0.3) is 0 Å². The van der Waals surface area contributed by atoms with E-state index in [0.717, 1.165) is 5.56 Å². The lowest BCUT2D eigenvalue weighted by Crippen LogP contribution is -2.07. The number of rotatable bonds is 2. The first kappa shape index (κ1) is 8.02. The van der Waals surface area contributed by atoms with Crippen LogP contribution in [0.15, 0.2) is 36.9 Å². The fourth-order valence-electron chi connectivity index (χ4n) is 1.09. The van der Waals surface area contributed by atoms with Crippen molar-refractivity contribution in [3.05, 3.63) is 48.0 Å². The Labute approximate surface area is 67.5 Å². The molecule has 0 heterocycles. The van der Waals surface area contributed by atoms with Gasteiger partial charge in [0.1, 0.15) is 0 Å². The number of benzene rings is 1. The lowest BCUT2D eigenvalue weighted by molar-refractivity contribution is 0.902. The largest absolute Gasteiger partial charge is 0.321 e. The van der Waals surface area contributed by atoms with E-state index in [4.69, 9.17) is 5.73 Å². The Morgan fingerprint density at radius 2 is 2.09 bits per heavy atom. The van der Waals surface area contributed by atoms with Crippen LogP contribution >= 0.6 is 0 Å². The minimum Gasteiger partial charge on any atom is -0.321 e. The van der Waals surface area contributed by atoms with Crippen molar-refractivity contribution in [3.63, 3.8) is 0 Å². The molecule has 0 radical (unpaired) electrons. The van der Waals surface area contributed by atoms with Gasteiger partial charge >= 0.3 is 0 Å². The summed E-state index contributed by atoms with van der Waals surface area (Å²) in [6.07, 6.45) is 1.75. The van der Waals surface area contributed by atoms with Crippen LogP contribution < -0.4 is 5.73 Å². The van der Waals surface area contributed by atoms with Gasteiger partial charge in [0.05, 0.1) is 0 Å². The van der Waals surface area contributed by atoms with Gasteiger partial charge in [-0.2, -0.15) is 0 Å². The second-order valence-corrected chi connectivity index (χ2v) is 2.62. The molecule has 0 aliphatic rings. The second kappa shape index (κ2) is 3.35. The van der Waals surface area contributed by atoms with E-state index in [1.54, 1.807) is 6.08 Å². The summed E-state index contributed by atoms with van der Waals surface area (Å²) in [6, 6.07) is 8.05. The van der Waals surface area contributed by atoms with Crippen LogP contribution in [0.1, 0.15) is 17.2 Å². The third kappa shape index (κ3) is 1.69. The summed E-state index contributed by atoms with van der Waals surface area (Å²) >= 11 is 0. The molecular formula is C10H13N. The maximum atomic E-state index is 5.78. The third-order valence-corrected chi connectivity index (χ3v) is 1.80. The zero-order chi connectivity index (χ0) is 8.27. The van der Waals surface area contributed by atoms with Crippen molar-refractivity contribution in [3.8, 4) is 0 Å². The molecule has 0 aromatic heterocycles. The number of aryl methyl sites for hydroxylation is 1. The molecule has 0 fully saturated rings. The molecule has 0 spiro atoms. The van der Waals surface area contributed by atoms with Crippen molar-refractivity contribution in [2.24, 2.45) is 5.73 Å². The molecular weight excluding hydrogens is 134 g/mol. The Balaban J connectivity index is 3.02. The van der Waals surface area contributed by atoms with Crippen LogP contribution in [-0.2, 0) is 0 Å². The predicted octanol–water partition coefficient (Wildman–Crippen LogP) is 2.18. The Morgan fingerprint density at radius 3 is 2.64 bits per heavy atom. The van der Waals surface area contributed by atoms with Gasteiger partial charge in [-0.25, -0.2) is 0 Å². The summed E-state index contributed by atoms with van der Waals surface area (Å²) in [5.41, 5.74) is 8.15. The number of nitrogens with two attached hydrogens (primary N) is 1. The van der Waals surface area contributed by atoms with Gasteiger partial charge in [-0.15, -0.1) is 6.58 Å². The number of hydrogen-bond acceptors (Lipinski definition) is 1. The van der Waals surface area contributed by atoms with E-state index in [9.17, 15) is 0 Å². The molecule has 1 aromatic carbocycles. The van der Waals surface area contributed by atoms with E-state index < -0.39 is 0 Å². The zero-order valence-corrected chi connectivity index (χ0v) is 6.75. The van der Waals surface area contributed by atoms with Gasteiger partial charge in [-0.3, -0.25) is 0 Å². The molecule has 0 bridgehead atoms.